The number of nitrogens with zero attached hydrogens (tertiary/aromatic N) is 2. The predicted octanol–water partition coefficient (Wildman–Crippen LogP) is 2.61. The number of hydrogen-bond acceptors (Lipinski definition) is 7. The topological polar surface area (TPSA) is 113 Å². The minimum atomic E-state index is -0.938. The smallest absolute Gasteiger partial charge is 0.414 e. The fourth-order valence-electron chi connectivity index (χ4n) is 5.08. The van der Waals surface area contributed by atoms with Gasteiger partial charge < -0.3 is 25.0 Å². The van der Waals surface area contributed by atoms with Crippen LogP contribution in [-0.2, 0) is 16.1 Å². The van der Waals surface area contributed by atoms with Crippen LogP contribution in [0, 0.1) is 5.82 Å². The van der Waals surface area contributed by atoms with Crippen LogP contribution in [0.2, 0.25) is 0 Å². The second-order valence-corrected chi connectivity index (χ2v) is 10.1. The van der Waals surface area contributed by atoms with Crippen LogP contribution >= 0.6 is 11.8 Å². The van der Waals surface area contributed by atoms with Crippen molar-refractivity contribution in [1.29, 1.82) is 0 Å². The molecule has 4 heterocycles. The summed E-state index contributed by atoms with van der Waals surface area (Å²) in [6.07, 6.45) is -1.97. The van der Waals surface area contributed by atoms with Gasteiger partial charge in [-0.05, 0) is 54.8 Å². The van der Waals surface area contributed by atoms with E-state index in [1.807, 2.05) is 6.07 Å². The molecule has 3 atom stereocenters. The normalized spacial score (nSPS) is 21.4. The second kappa shape index (κ2) is 8.91. The van der Waals surface area contributed by atoms with Crippen molar-refractivity contribution in [3.05, 3.63) is 64.2 Å². The summed E-state index contributed by atoms with van der Waals surface area (Å²) < 4.78 is 21.6. The minimum absolute atomic E-state index is 0.0965. The predicted molar refractivity (Wildman–Crippen MR) is 133 cm³/mol. The largest absolute Gasteiger partial charge is 0.441 e. The van der Waals surface area contributed by atoms with Gasteiger partial charge in [0.15, 0.2) is 0 Å². The Labute approximate surface area is 209 Å². The molecule has 0 radical (unpaired) electrons. The molecule has 3 aliphatic heterocycles. The van der Waals surface area contributed by atoms with Crippen molar-refractivity contribution in [3.8, 4) is 0 Å². The first kappa shape index (κ1) is 23.0. The Morgan fingerprint density at radius 2 is 2.00 bits per heavy atom. The number of rotatable bonds is 6. The van der Waals surface area contributed by atoms with E-state index in [1.54, 1.807) is 28.8 Å². The van der Waals surface area contributed by atoms with Crippen LogP contribution in [0.5, 0.6) is 0 Å². The molecular formula is C25H23FN4O5S. The van der Waals surface area contributed by atoms with E-state index in [9.17, 15) is 23.9 Å². The van der Waals surface area contributed by atoms with E-state index < -0.39 is 24.3 Å². The monoisotopic (exact) mass is 510 g/mol. The van der Waals surface area contributed by atoms with Crippen LogP contribution in [0.4, 0.5) is 20.6 Å². The molecular weight excluding hydrogens is 487 g/mol. The van der Waals surface area contributed by atoms with E-state index in [4.69, 9.17) is 4.74 Å². The number of fused-ring (bicyclic) bond motifs is 1. The third kappa shape index (κ3) is 3.93. The molecule has 2 amide bonds. The van der Waals surface area contributed by atoms with Crippen LogP contribution in [0.25, 0.3) is 10.9 Å². The van der Waals surface area contributed by atoms with E-state index in [0.29, 0.717) is 41.3 Å². The van der Waals surface area contributed by atoms with E-state index in [-0.39, 0.29) is 30.2 Å². The first-order chi connectivity index (χ1) is 17.4. The zero-order valence-electron chi connectivity index (χ0n) is 19.1. The lowest BCUT2D eigenvalue weighted by molar-refractivity contribution is -0.113. The molecule has 2 aromatic carbocycles. The fourth-order valence-corrected chi connectivity index (χ4v) is 5.87. The van der Waals surface area contributed by atoms with Crippen molar-refractivity contribution < 1.29 is 23.8 Å². The number of thioether (sulfide) groups is 1. The second-order valence-electron chi connectivity index (χ2n) is 9.09. The summed E-state index contributed by atoms with van der Waals surface area (Å²) in [5, 5.41) is 17.6. The van der Waals surface area contributed by atoms with Crippen LogP contribution in [-0.4, -0.2) is 52.7 Å². The summed E-state index contributed by atoms with van der Waals surface area (Å²) in [7, 11) is 0. The van der Waals surface area contributed by atoms with Gasteiger partial charge in [-0.15, -0.1) is 11.8 Å². The quantitative estimate of drug-likeness (QED) is 0.467. The van der Waals surface area contributed by atoms with Crippen molar-refractivity contribution in [1.82, 2.24) is 9.88 Å². The summed E-state index contributed by atoms with van der Waals surface area (Å²) >= 11 is 1.43. The third-order valence-corrected chi connectivity index (χ3v) is 7.93. The lowest BCUT2D eigenvalue weighted by atomic mass is 10.0. The fraction of sp³-hybridized carbons (Fsp3) is 0.320. The standard InChI is InChI=1S/C25H23FN4O5S/c26-15-4-1-13-2-6-22(33)30-10-17(23(15)24(13)30)27-8-7-18(31)19-11-29(25(34)35-19)14-3-5-20-16(9-14)28-21(32)12-36-20/h1-6,9,17-19,27,31H,7-8,10-12H2,(H,28,32)/t17-,18-,19+/m1/s1. The SMILES string of the molecule is O=C1CSc2ccc(N3C[C@@H]([C@H](O)CCN[C@@H]4Cn5c(=O)ccc6ccc(F)c4c65)OC3=O)cc2N1. The van der Waals surface area contributed by atoms with Gasteiger partial charge >= 0.3 is 6.09 Å². The number of carbonyl (C=O) groups excluding carboxylic acids is 2. The van der Waals surface area contributed by atoms with E-state index in [1.165, 1.54) is 28.8 Å². The molecule has 9 nitrogen and oxygen atoms in total. The molecule has 3 N–H and O–H groups in total. The number of benzene rings is 2. The highest BCUT2D eigenvalue weighted by Crippen LogP contribution is 2.36. The van der Waals surface area contributed by atoms with Crippen molar-refractivity contribution >= 4 is 46.0 Å². The highest BCUT2D eigenvalue weighted by Gasteiger charge is 2.37. The molecule has 3 aromatic rings. The number of pyridine rings is 1. The van der Waals surface area contributed by atoms with Crippen LogP contribution in [0.1, 0.15) is 18.0 Å². The molecule has 36 heavy (non-hydrogen) atoms. The Hall–Kier alpha value is -3.41. The van der Waals surface area contributed by atoms with Crippen LogP contribution < -0.4 is 21.1 Å². The Balaban J connectivity index is 1.09. The summed E-state index contributed by atoms with van der Waals surface area (Å²) in [6.45, 7) is 0.806. The Bertz CT molecular complexity index is 1460. The summed E-state index contributed by atoms with van der Waals surface area (Å²) in [5.41, 5.74) is 2.09. The van der Waals surface area contributed by atoms with Gasteiger partial charge in [0.05, 0.1) is 35.6 Å². The average Bonchev–Trinajstić information content (AvgIpc) is 3.45. The third-order valence-electron chi connectivity index (χ3n) is 6.85. The minimum Gasteiger partial charge on any atom is -0.441 e. The molecule has 0 bridgehead atoms. The number of aromatic nitrogens is 1. The molecule has 11 heteroatoms. The number of hydrogen-bond donors (Lipinski definition) is 3. The summed E-state index contributed by atoms with van der Waals surface area (Å²) in [4.78, 5) is 38.9. The molecule has 1 saturated heterocycles. The van der Waals surface area contributed by atoms with Crippen molar-refractivity contribution in [2.75, 3.05) is 29.1 Å². The molecule has 0 aliphatic carbocycles. The molecule has 186 valence electrons. The number of aliphatic hydroxyl groups is 1. The molecule has 1 fully saturated rings. The number of aliphatic hydroxyl groups excluding tert-OH is 1. The van der Waals surface area contributed by atoms with Crippen molar-refractivity contribution in [2.24, 2.45) is 0 Å². The maximum absolute atomic E-state index is 14.6. The van der Waals surface area contributed by atoms with Crippen LogP contribution in [0.3, 0.4) is 0 Å². The van der Waals surface area contributed by atoms with Crippen LogP contribution in [0.15, 0.2) is 52.2 Å². The van der Waals surface area contributed by atoms with E-state index >= 15 is 0 Å². The number of halogens is 1. The Morgan fingerprint density at radius 3 is 2.86 bits per heavy atom. The van der Waals surface area contributed by atoms with Gasteiger partial charge in [-0.3, -0.25) is 14.5 Å². The lowest BCUT2D eigenvalue weighted by Crippen LogP contribution is -2.34. The first-order valence-electron chi connectivity index (χ1n) is 11.7. The number of anilines is 2. The van der Waals surface area contributed by atoms with Gasteiger partial charge in [0.25, 0.3) is 5.56 Å². The molecule has 1 aromatic heterocycles. The van der Waals surface area contributed by atoms with Crippen molar-refractivity contribution in [3.63, 3.8) is 0 Å². The Kier molecular flexibility index (Phi) is 5.70. The van der Waals surface area contributed by atoms with Crippen molar-refractivity contribution in [2.45, 2.75) is 36.1 Å². The summed E-state index contributed by atoms with van der Waals surface area (Å²) in [6, 6.07) is 11.2. The zero-order chi connectivity index (χ0) is 25.0. The van der Waals surface area contributed by atoms with Gasteiger partial charge in [-0.1, -0.05) is 0 Å². The van der Waals surface area contributed by atoms with Gasteiger partial charge in [-0.25, -0.2) is 9.18 Å². The van der Waals surface area contributed by atoms with Gasteiger partial charge in [0.1, 0.15) is 11.9 Å². The first-order valence-corrected chi connectivity index (χ1v) is 12.7. The van der Waals surface area contributed by atoms with Gasteiger partial charge in [0.2, 0.25) is 5.91 Å². The van der Waals surface area contributed by atoms with E-state index in [0.717, 1.165) is 10.3 Å². The number of carbonyl (C=O) groups is 2. The molecule has 3 aliphatic rings. The number of ether oxygens (including phenoxy) is 1. The zero-order valence-corrected chi connectivity index (χ0v) is 19.9. The maximum Gasteiger partial charge on any atom is 0.414 e. The highest BCUT2D eigenvalue weighted by atomic mass is 32.2. The molecule has 6 rings (SSSR count). The molecule has 0 saturated carbocycles. The maximum atomic E-state index is 14.6. The molecule has 0 spiro atoms. The highest BCUT2D eigenvalue weighted by molar-refractivity contribution is 8.00. The number of cyclic esters (lactones) is 1. The Morgan fingerprint density at radius 1 is 1.17 bits per heavy atom. The average molecular weight is 511 g/mol. The number of nitrogens with one attached hydrogen (secondary N) is 2. The summed E-state index contributed by atoms with van der Waals surface area (Å²) in [5.74, 6) is -0.121. The van der Waals surface area contributed by atoms with Gasteiger partial charge in [-0.2, -0.15) is 0 Å². The van der Waals surface area contributed by atoms with E-state index in [2.05, 4.69) is 10.6 Å². The molecule has 0 unspecified atom stereocenters. The number of amides is 2. The van der Waals surface area contributed by atoms with Gasteiger partial charge in [0, 0.05) is 28.8 Å². The lowest BCUT2D eigenvalue weighted by Gasteiger charge is -2.20.